The Balaban J connectivity index is 0.000000451. The molecule has 0 unspecified atom stereocenters. The van der Waals surface area contributed by atoms with Gasteiger partial charge in [0.05, 0.1) is 0 Å². The van der Waals surface area contributed by atoms with E-state index in [4.69, 9.17) is 0 Å². The first-order valence-electron chi connectivity index (χ1n) is 8.50. The second-order valence-corrected chi connectivity index (χ2v) is 5.94. The maximum Gasteiger partial charge on any atom is 2.00 e. The van der Waals surface area contributed by atoms with Crippen molar-refractivity contribution in [1.29, 1.82) is 0 Å². The Kier molecular flexibility index (Phi) is 8.45. The molecule has 4 rings (SSSR count). The molecule has 0 aliphatic heterocycles. The van der Waals surface area contributed by atoms with E-state index in [0.29, 0.717) is 0 Å². The van der Waals surface area contributed by atoms with Crippen LogP contribution >= 0.6 is 0 Å². The standard InChI is InChI=1S/2C12H11.Ti.2H/c2*1-2-6-11(7-3-1)10-12-8-4-5-9-12;;;/h2*1-4,6-8H,5,10H2;;;/q2*-1;+2;2*-1. The zero-order valence-corrected chi connectivity index (χ0v) is 16.0. The van der Waals surface area contributed by atoms with Gasteiger partial charge in [-0.25, -0.2) is 23.3 Å². The quantitative estimate of drug-likeness (QED) is 0.459. The summed E-state index contributed by atoms with van der Waals surface area (Å²) in [7, 11) is 0. The van der Waals surface area contributed by atoms with Crippen LogP contribution < -0.4 is 0 Å². The first-order chi connectivity index (χ1) is 11.9. The second kappa shape index (κ2) is 10.9. The summed E-state index contributed by atoms with van der Waals surface area (Å²) in [5.41, 5.74) is 5.38. The van der Waals surface area contributed by atoms with Crippen molar-refractivity contribution >= 4 is 0 Å². The topological polar surface area (TPSA) is 0 Å². The monoisotopic (exact) mass is 360 g/mol. The Bertz CT molecular complexity index is 692. The van der Waals surface area contributed by atoms with Crippen molar-refractivity contribution < 1.29 is 24.6 Å². The number of hydrogen-bond acceptors (Lipinski definition) is 0. The van der Waals surface area contributed by atoms with Gasteiger partial charge in [-0.3, -0.25) is 12.2 Å². The van der Waals surface area contributed by atoms with Crippen LogP contribution in [0.2, 0.25) is 0 Å². The fourth-order valence-electron chi connectivity index (χ4n) is 2.77. The molecule has 0 radical (unpaired) electrons. The van der Waals surface area contributed by atoms with E-state index in [1.165, 1.54) is 22.3 Å². The molecule has 25 heavy (non-hydrogen) atoms. The van der Waals surface area contributed by atoms with E-state index in [0.717, 1.165) is 25.7 Å². The van der Waals surface area contributed by atoms with E-state index >= 15 is 0 Å². The molecule has 0 nitrogen and oxygen atoms in total. The molecule has 2 aromatic rings. The molecule has 126 valence electrons. The van der Waals surface area contributed by atoms with E-state index in [-0.39, 0.29) is 24.6 Å². The first kappa shape index (κ1) is 19.4. The molecule has 0 N–H and O–H groups in total. The summed E-state index contributed by atoms with van der Waals surface area (Å²) >= 11 is 0. The van der Waals surface area contributed by atoms with Gasteiger partial charge in [-0.2, -0.15) is 12.2 Å². The summed E-state index contributed by atoms with van der Waals surface area (Å²) in [6.45, 7) is 0. The Morgan fingerprint density at radius 2 is 1.04 bits per heavy atom. The van der Waals surface area contributed by atoms with Gasteiger partial charge < -0.3 is 2.85 Å². The Hall–Kier alpha value is -1.89. The van der Waals surface area contributed by atoms with Gasteiger partial charge in [0.25, 0.3) is 0 Å². The van der Waals surface area contributed by atoms with Gasteiger partial charge in [0, 0.05) is 0 Å². The minimum atomic E-state index is 0. The molecule has 0 heterocycles. The maximum atomic E-state index is 3.31. The van der Waals surface area contributed by atoms with Gasteiger partial charge >= 0.3 is 21.7 Å². The zero-order valence-electron chi connectivity index (χ0n) is 16.4. The third-order valence-electron chi connectivity index (χ3n) is 4.01. The van der Waals surface area contributed by atoms with Crippen LogP contribution in [0.5, 0.6) is 0 Å². The van der Waals surface area contributed by atoms with Crippen LogP contribution in [0.1, 0.15) is 26.8 Å². The van der Waals surface area contributed by atoms with E-state index in [9.17, 15) is 0 Å². The Morgan fingerprint density at radius 3 is 1.36 bits per heavy atom. The molecule has 0 aromatic heterocycles. The fraction of sp³-hybridized carbons (Fsp3) is 0.167. The minimum absolute atomic E-state index is 0. The number of allylic oxidation sites excluding steroid dienone is 8. The third-order valence-corrected chi connectivity index (χ3v) is 4.01. The van der Waals surface area contributed by atoms with Gasteiger partial charge in [0.1, 0.15) is 0 Å². The third kappa shape index (κ3) is 6.86. The van der Waals surface area contributed by atoms with Gasteiger partial charge in [-0.1, -0.05) is 60.7 Å². The van der Waals surface area contributed by atoms with Crippen LogP contribution in [0.15, 0.2) is 96.1 Å². The van der Waals surface area contributed by atoms with E-state index in [2.05, 4.69) is 85.0 Å². The molecular weight excluding hydrogens is 336 g/mol. The van der Waals surface area contributed by atoms with E-state index in [1.807, 2.05) is 12.1 Å². The number of rotatable bonds is 4. The van der Waals surface area contributed by atoms with Crippen molar-refractivity contribution in [2.45, 2.75) is 25.7 Å². The van der Waals surface area contributed by atoms with Gasteiger partial charge in [0.2, 0.25) is 0 Å². The van der Waals surface area contributed by atoms with Crippen molar-refractivity contribution in [3.05, 3.63) is 119 Å². The van der Waals surface area contributed by atoms with Gasteiger partial charge in [0.15, 0.2) is 0 Å². The van der Waals surface area contributed by atoms with Crippen LogP contribution in [-0.4, -0.2) is 0 Å². The molecule has 0 atom stereocenters. The largest absolute Gasteiger partial charge is 2.00 e. The fourth-order valence-corrected chi connectivity index (χ4v) is 2.77. The molecule has 0 bridgehead atoms. The summed E-state index contributed by atoms with van der Waals surface area (Å²) in [4.78, 5) is 0. The van der Waals surface area contributed by atoms with E-state index in [1.54, 1.807) is 0 Å². The molecule has 0 saturated carbocycles. The van der Waals surface area contributed by atoms with Crippen molar-refractivity contribution in [2.75, 3.05) is 0 Å². The van der Waals surface area contributed by atoms with E-state index < -0.39 is 0 Å². The van der Waals surface area contributed by atoms with Crippen molar-refractivity contribution in [2.24, 2.45) is 0 Å². The molecule has 0 fully saturated rings. The smallest absolute Gasteiger partial charge is 1.00 e. The van der Waals surface area contributed by atoms with Crippen LogP contribution in [0, 0.1) is 12.2 Å². The SMILES string of the molecule is [C-]1=C(Cc2ccccc2)C=CC1.[C-]1=C(Cc2ccccc2)C=CC1.[H-].[H-].[Ti+2]. The molecule has 0 saturated heterocycles. The van der Waals surface area contributed by atoms with Crippen LogP contribution in [-0.2, 0) is 34.6 Å². The summed E-state index contributed by atoms with van der Waals surface area (Å²) < 4.78 is 0. The van der Waals surface area contributed by atoms with Gasteiger partial charge in [-0.05, 0) is 24.0 Å². The molecular formula is C24H24Ti-2. The first-order valence-corrected chi connectivity index (χ1v) is 8.50. The average Bonchev–Trinajstić information content (AvgIpc) is 3.32. The molecule has 2 aromatic carbocycles. The predicted octanol–water partition coefficient (Wildman–Crippen LogP) is 6.06. The maximum absolute atomic E-state index is 3.31. The molecule has 2 aliphatic carbocycles. The van der Waals surface area contributed by atoms with Crippen molar-refractivity contribution in [3.8, 4) is 0 Å². The average molecular weight is 360 g/mol. The Labute approximate surface area is 169 Å². The van der Waals surface area contributed by atoms with Crippen molar-refractivity contribution in [3.63, 3.8) is 0 Å². The van der Waals surface area contributed by atoms with Crippen LogP contribution in [0.4, 0.5) is 0 Å². The second-order valence-electron chi connectivity index (χ2n) is 5.94. The van der Waals surface area contributed by atoms with Gasteiger partial charge in [-0.15, -0.1) is 12.8 Å². The molecule has 0 spiro atoms. The molecule has 1 heteroatoms. The summed E-state index contributed by atoms with van der Waals surface area (Å²) in [5, 5.41) is 0. The molecule has 2 aliphatic rings. The predicted molar refractivity (Wildman–Crippen MR) is 104 cm³/mol. The number of benzene rings is 2. The minimum Gasteiger partial charge on any atom is -1.00 e. The van der Waals surface area contributed by atoms with Crippen LogP contribution in [0.3, 0.4) is 0 Å². The Morgan fingerprint density at radius 1 is 0.640 bits per heavy atom. The normalized spacial score (nSPS) is 14.2. The summed E-state index contributed by atoms with van der Waals surface area (Å²) in [6, 6.07) is 21.0. The molecule has 0 amide bonds. The van der Waals surface area contributed by atoms with Crippen molar-refractivity contribution in [1.82, 2.24) is 0 Å². The number of hydrogen-bond donors (Lipinski definition) is 0. The zero-order chi connectivity index (χ0) is 16.5. The summed E-state index contributed by atoms with van der Waals surface area (Å²) in [5.74, 6) is 0. The summed E-state index contributed by atoms with van der Waals surface area (Å²) in [6.07, 6.45) is 19.3. The van der Waals surface area contributed by atoms with Crippen LogP contribution in [0.25, 0.3) is 0 Å².